The number of hydrogen-bond donors (Lipinski definition) is 0. The minimum absolute atomic E-state index is 0.286. The first-order chi connectivity index (χ1) is 12.0. The van der Waals surface area contributed by atoms with Crippen molar-refractivity contribution in [3.05, 3.63) is 17.4 Å². The van der Waals surface area contributed by atoms with Crippen LogP contribution in [0.25, 0.3) is 10.9 Å². The summed E-state index contributed by atoms with van der Waals surface area (Å²) in [5.74, 6) is 0. The van der Waals surface area contributed by atoms with Crippen LogP contribution in [0.4, 0.5) is 0 Å². The van der Waals surface area contributed by atoms with Gasteiger partial charge in [-0.05, 0) is 0 Å². The van der Waals surface area contributed by atoms with Crippen molar-refractivity contribution in [2.75, 3.05) is 6.61 Å². The predicted octanol–water partition coefficient (Wildman–Crippen LogP) is 5.60. The number of halogens is 1. The van der Waals surface area contributed by atoms with Crippen LogP contribution < -0.4 is 3.71 Å². The molecule has 4 nitrogen and oxygen atoms in total. The van der Waals surface area contributed by atoms with Gasteiger partial charge in [-0.1, -0.05) is 0 Å². The molecular formula is C19H34ClN3OSiSn. The molecule has 2 rings (SSSR count). The Morgan fingerprint density at radius 1 is 1.31 bits per heavy atom. The second-order valence-corrected chi connectivity index (χ2v) is 27.8. The molecule has 0 aliphatic rings. The quantitative estimate of drug-likeness (QED) is 0.331. The van der Waals surface area contributed by atoms with E-state index < -0.39 is 26.7 Å². The molecular weight excluding hydrogens is 468 g/mol. The van der Waals surface area contributed by atoms with Gasteiger partial charge in [-0.15, -0.1) is 0 Å². The van der Waals surface area contributed by atoms with Crippen LogP contribution in [0.5, 0.6) is 0 Å². The Balaban J connectivity index is 2.17. The molecule has 0 fully saturated rings. The van der Waals surface area contributed by atoms with Crippen LogP contribution in [0.3, 0.4) is 0 Å². The van der Waals surface area contributed by atoms with Crippen LogP contribution in [0.15, 0.2) is 12.3 Å². The fourth-order valence-corrected chi connectivity index (χ4v) is 9.39. The maximum atomic E-state index is 6.31. The second-order valence-electron chi connectivity index (χ2n) is 8.92. The van der Waals surface area contributed by atoms with Crippen molar-refractivity contribution in [2.24, 2.45) is 0 Å². The average Bonchev–Trinajstić information content (AvgIpc) is 2.91. The van der Waals surface area contributed by atoms with Gasteiger partial charge >= 0.3 is 169 Å². The van der Waals surface area contributed by atoms with Gasteiger partial charge in [0.2, 0.25) is 0 Å². The summed E-state index contributed by atoms with van der Waals surface area (Å²) in [5.41, 5.74) is 1.11. The van der Waals surface area contributed by atoms with Crippen molar-refractivity contribution in [3.63, 3.8) is 0 Å². The molecule has 0 spiro atoms. The molecule has 2 aromatic rings. The molecule has 146 valence electrons. The van der Waals surface area contributed by atoms with Crippen LogP contribution in [0.2, 0.25) is 39.1 Å². The van der Waals surface area contributed by atoms with Crippen LogP contribution >= 0.6 is 11.6 Å². The van der Waals surface area contributed by atoms with E-state index in [0.29, 0.717) is 5.15 Å². The second kappa shape index (κ2) is 8.92. The molecule has 0 N–H and O–H groups in total. The zero-order chi connectivity index (χ0) is 19.5. The van der Waals surface area contributed by atoms with Crippen molar-refractivity contribution < 1.29 is 4.43 Å². The third-order valence-electron chi connectivity index (χ3n) is 4.85. The van der Waals surface area contributed by atoms with E-state index in [1.54, 1.807) is 0 Å². The van der Waals surface area contributed by atoms with Crippen molar-refractivity contribution in [1.82, 2.24) is 14.8 Å². The molecule has 0 aromatic carbocycles. The van der Waals surface area contributed by atoms with Crippen molar-refractivity contribution in [1.29, 1.82) is 0 Å². The van der Waals surface area contributed by atoms with E-state index in [1.807, 2.05) is 12.3 Å². The van der Waals surface area contributed by atoms with Gasteiger partial charge in [-0.2, -0.15) is 0 Å². The van der Waals surface area contributed by atoms with Gasteiger partial charge in [0.25, 0.3) is 0 Å². The van der Waals surface area contributed by atoms with E-state index in [2.05, 4.69) is 51.4 Å². The third kappa shape index (κ3) is 5.69. The molecule has 0 aliphatic heterocycles. The summed E-state index contributed by atoms with van der Waals surface area (Å²) in [6, 6.07) is 3.49. The van der Waals surface area contributed by atoms with Gasteiger partial charge in [0.1, 0.15) is 0 Å². The van der Waals surface area contributed by atoms with Crippen LogP contribution in [0.1, 0.15) is 39.2 Å². The molecule has 1 atom stereocenters. The summed E-state index contributed by atoms with van der Waals surface area (Å²) >= 11 is 3.84. The van der Waals surface area contributed by atoms with Gasteiger partial charge < -0.3 is 0 Å². The van der Waals surface area contributed by atoms with Gasteiger partial charge in [-0.25, -0.2) is 0 Å². The van der Waals surface area contributed by atoms with Crippen molar-refractivity contribution >= 4 is 52.9 Å². The van der Waals surface area contributed by atoms with Gasteiger partial charge in [0.15, 0.2) is 0 Å². The number of unbranched alkanes of at least 4 members (excludes halogenated alkanes) is 1. The Morgan fingerprint density at radius 2 is 2.00 bits per heavy atom. The normalized spacial score (nSPS) is 14.2. The first-order valence-corrected chi connectivity index (χ1v) is 23.2. The summed E-state index contributed by atoms with van der Waals surface area (Å²) in [7, 11) is -1.53. The molecule has 0 saturated heterocycles. The van der Waals surface area contributed by atoms with Crippen LogP contribution in [0, 0.1) is 0 Å². The summed E-state index contributed by atoms with van der Waals surface area (Å²) < 4.78 is 9.74. The average molecular weight is 503 g/mol. The Morgan fingerprint density at radius 3 is 2.62 bits per heavy atom. The van der Waals surface area contributed by atoms with E-state index in [9.17, 15) is 0 Å². The Hall–Kier alpha value is -0.114. The monoisotopic (exact) mass is 503 g/mol. The summed E-state index contributed by atoms with van der Waals surface area (Å²) in [6.07, 6.45) is 5.39. The zero-order valence-corrected chi connectivity index (χ0v) is 22.0. The van der Waals surface area contributed by atoms with E-state index >= 15 is 0 Å². The molecule has 0 radical (unpaired) electrons. The molecule has 0 saturated carbocycles. The SMILES string of the molecule is CCCC[Si](C)(C)OCC[C@H](C)n1n[c]([Sn]([CH3])([CH3])[CH3])c2cnc(Cl)cc21. The summed E-state index contributed by atoms with van der Waals surface area (Å²) in [5, 5.41) is 6.75. The van der Waals surface area contributed by atoms with Crippen LogP contribution in [-0.4, -0.2) is 48.1 Å². The summed E-state index contributed by atoms with van der Waals surface area (Å²) in [6.45, 7) is 9.93. The Labute approximate surface area is 168 Å². The van der Waals surface area contributed by atoms with E-state index in [1.165, 1.54) is 28.0 Å². The van der Waals surface area contributed by atoms with Gasteiger partial charge in [0.05, 0.1) is 0 Å². The molecule has 2 aromatic heterocycles. The Kier molecular flexibility index (Phi) is 7.61. The molecule has 0 bridgehead atoms. The fraction of sp³-hybridized carbons (Fsp3) is 0.684. The third-order valence-corrected chi connectivity index (χ3v) is 12.7. The fourth-order valence-electron chi connectivity index (χ4n) is 3.20. The maximum absolute atomic E-state index is 6.31. The van der Waals surface area contributed by atoms with Crippen LogP contribution in [-0.2, 0) is 4.43 Å². The molecule has 26 heavy (non-hydrogen) atoms. The Bertz CT molecular complexity index is 742. The topological polar surface area (TPSA) is 39.9 Å². The minimum atomic E-state index is -2.33. The molecule has 7 heteroatoms. The number of aromatic nitrogens is 3. The first kappa shape index (κ1) is 22.2. The van der Waals surface area contributed by atoms with E-state index in [4.69, 9.17) is 21.1 Å². The number of nitrogens with zero attached hydrogens (tertiary/aromatic N) is 3. The predicted molar refractivity (Wildman–Crippen MR) is 118 cm³/mol. The van der Waals surface area contributed by atoms with Crippen molar-refractivity contribution in [3.8, 4) is 0 Å². The number of hydrogen-bond acceptors (Lipinski definition) is 3. The molecule has 0 aliphatic carbocycles. The number of pyridine rings is 1. The zero-order valence-electron chi connectivity index (χ0n) is 17.4. The molecule has 0 unspecified atom stereocenters. The van der Waals surface area contributed by atoms with Gasteiger partial charge in [0, 0.05) is 0 Å². The van der Waals surface area contributed by atoms with Gasteiger partial charge in [-0.3, -0.25) is 0 Å². The number of fused-ring (bicyclic) bond motifs is 1. The first-order valence-electron chi connectivity index (χ1n) is 9.73. The van der Waals surface area contributed by atoms with Crippen molar-refractivity contribution in [2.45, 2.75) is 73.1 Å². The standard InChI is InChI=1S/C16H25ClN3OSi.3CH3.Sn/c1-5-6-9-22(3,4)21-8-7-13(2)20-15-10-16(17)18-11-14(15)12-19-20;;;;/h10-11,13H,5-9H2,1-4H3;3*1H3;/t13-;;;;/m0..../s1. The van der Waals surface area contributed by atoms with E-state index in [0.717, 1.165) is 18.5 Å². The number of rotatable bonds is 9. The summed E-state index contributed by atoms with van der Waals surface area (Å²) in [4.78, 5) is 11.5. The molecule has 0 amide bonds. The van der Waals surface area contributed by atoms with E-state index in [-0.39, 0.29) is 6.04 Å². The molecule has 2 heterocycles.